The molecule has 19 heavy (non-hydrogen) atoms. The van der Waals surface area contributed by atoms with E-state index in [-0.39, 0.29) is 12.3 Å². The SMILES string of the molecule is CC(=O)c1cc(Br)cc(CNC(=O)OC(C)(C)C)n1. The maximum absolute atomic E-state index is 11.5. The van der Waals surface area contributed by atoms with Gasteiger partial charge in [-0.15, -0.1) is 0 Å². The molecule has 0 fully saturated rings. The van der Waals surface area contributed by atoms with Gasteiger partial charge in [0.25, 0.3) is 0 Å². The molecule has 6 heteroatoms. The predicted octanol–water partition coefficient (Wildman–Crippen LogP) is 3.07. The summed E-state index contributed by atoms with van der Waals surface area (Å²) >= 11 is 3.30. The number of alkyl carbamates (subject to hydrolysis) is 1. The van der Waals surface area contributed by atoms with Crippen molar-refractivity contribution in [3.8, 4) is 0 Å². The third-order valence-corrected chi connectivity index (χ3v) is 2.47. The van der Waals surface area contributed by atoms with Crippen LogP contribution in [0.4, 0.5) is 4.79 Å². The lowest BCUT2D eigenvalue weighted by molar-refractivity contribution is 0.0523. The number of nitrogens with zero attached hydrogens (tertiary/aromatic N) is 1. The number of nitrogens with one attached hydrogen (secondary N) is 1. The van der Waals surface area contributed by atoms with E-state index in [1.165, 1.54) is 6.92 Å². The molecule has 5 nitrogen and oxygen atoms in total. The monoisotopic (exact) mass is 328 g/mol. The number of carbonyl (C=O) groups excluding carboxylic acids is 2. The average Bonchev–Trinajstić information content (AvgIpc) is 2.23. The van der Waals surface area contributed by atoms with E-state index in [9.17, 15) is 9.59 Å². The maximum atomic E-state index is 11.5. The van der Waals surface area contributed by atoms with Crippen LogP contribution >= 0.6 is 15.9 Å². The summed E-state index contributed by atoms with van der Waals surface area (Å²) in [6.45, 7) is 7.02. The van der Waals surface area contributed by atoms with Crippen LogP contribution in [0.2, 0.25) is 0 Å². The number of halogens is 1. The number of ketones is 1. The molecule has 1 amide bonds. The zero-order valence-electron chi connectivity index (χ0n) is 11.4. The average molecular weight is 329 g/mol. The van der Waals surface area contributed by atoms with E-state index in [1.807, 2.05) is 0 Å². The lowest BCUT2D eigenvalue weighted by atomic mass is 10.2. The Kier molecular flexibility index (Phi) is 5.05. The molecule has 0 atom stereocenters. The highest BCUT2D eigenvalue weighted by Gasteiger charge is 2.16. The third kappa shape index (κ3) is 5.83. The number of rotatable bonds is 3. The van der Waals surface area contributed by atoms with Crippen LogP contribution in [0.3, 0.4) is 0 Å². The summed E-state index contributed by atoms with van der Waals surface area (Å²) < 4.78 is 5.86. The van der Waals surface area contributed by atoms with Gasteiger partial charge < -0.3 is 10.1 Å². The van der Waals surface area contributed by atoms with Crippen molar-refractivity contribution in [1.82, 2.24) is 10.3 Å². The van der Waals surface area contributed by atoms with E-state index in [0.717, 1.165) is 4.47 Å². The smallest absolute Gasteiger partial charge is 0.407 e. The van der Waals surface area contributed by atoms with Gasteiger partial charge >= 0.3 is 6.09 Å². The van der Waals surface area contributed by atoms with Crippen LogP contribution in [0.1, 0.15) is 43.9 Å². The highest BCUT2D eigenvalue weighted by atomic mass is 79.9. The van der Waals surface area contributed by atoms with Crippen molar-refractivity contribution in [1.29, 1.82) is 0 Å². The zero-order valence-corrected chi connectivity index (χ0v) is 13.0. The van der Waals surface area contributed by atoms with Crippen LogP contribution < -0.4 is 5.32 Å². The number of Topliss-reactive ketones (excluding diaryl/α,β-unsaturated/α-hetero) is 1. The normalized spacial score (nSPS) is 11.0. The number of pyridine rings is 1. The summed E-state index contributed by atoms with van der Waals surface area (Å²) in [6.07, 6.45) is -0.515. The Balaban J connectivity index is 2.68. The van der Waals surface area contributed by atoms with E-state index < -0.39 is 11.7 Å². The number of carbonyl (C=O) groups is 2. The van der Waals surface area contributed by atoms with E-state index in [4.69, 9.17) is 4.74 Å². The Morgan fingerprint density at radius 2 is 2.00 bits per heavy atom. The highest BCUT2D eigenvalue weighted by Crippen LogP contribution is 2.13. The van der Waals surface area contributed by atoms with Crippen molar-refractivity contribution in [3.63, 3.8) is 0 Å². The van der Waals surface area contributed by atoms with Crippen molar-refractivity contribution < 1.29 is 14.3 Å². The van der Waals surface area contributed by atoms with E-state index >= 15 is 0 Å². The van der Waals surface area contributed by atoms with Crippen molar-refractivity contribution in [2.75, 3.05) is 0 Å². The lowest BCUT2D eigenvalue weighted by Gasteiger charge is -2.19. The largest absolute Gasteiger partial charge is 0.444 e. The number of aromatic nitrogens is 1. The molecular formula is C13H17BrN2O3. The molecule has 0 aromatic carbocycles. The van der Waals surface area contributed by atoms with Gasteiger partial charge in [0.2, 0.25) is 0 Å². The molecule has 0 radical (unpaired) electrons. The minimum absolute atomic E-state index is 0.125. The number of ether oxygens (including phenoxy) is 1. The standard InChI is InChI=1S/C13H17BrN2O3/c1-8(17)11-6-9(14)5-10(16-11)7-15-12(18)19-13(2,3)4/h5-6H,7H2,1-4H3,(H,15,18). The number of hydrogen-bond donors (Lipinski definition) is 1. The van der Waals surface area contributed by atoms with Crippen LogP contribution in [-0.2, 0) is 11.3 Å². The van der Waals surface area contributed by atoms with Crippen molar-refractivity contribution in [3.05, 3.63) is 28.0 Å². The Morgan fingerprint density at radius 3 is 2.53 bits per heavy atom. The van der Waals surface area contributed by atoms with Gasteiger partial charge in [-0.25, -0.2) is 9.78 Å². The van der Waals surface area contributed by atoms with Crippen molar-refractivity contribution in [2.45, 2.75) is 39.8 Å². The minimum Gasteiger partial charge on any atom is -0.444 e. The molecule has 1 rings (SSSR count). The number of hydrogen-bond acceptors (Lipinski definition) is 4. The fraction of sp³-hybridized carbons (Fsp3) is 0.462. The molecule has 1 N–H and O–H groups in total. The molecule has 1 aromatic rings. The topological polar surface area (TPSA) is 68.3 Å². The summed E-state index contributed by atoms with van der Waals surface area (Å²) in [5.41, 5.74) is 0.403. The molecule has 0 unspecified atom stereocenters. The first-order valence-corrected chi connectivity index (χ1v) is 6.61. The van der Waals surface area contributed by atoms with Crippen LogP contribution in [-0.4, -0.2) is 22.5 Å². The van der Waals surface area contributed by atoms with Gasteiger partial charge in [-0.05, 0) is 32.9 Å². The molecule has 0 bridgehead atoms. The second kappa shape index (κ2) is 6.14. The van der Waals surface area contributed by atoms with Gasteiger partial charge in [-0.2, -0.15) is 0 Å². The molecule has 0 saturated heterocycles. The Morgan fingerprint density at radius 1 is 1.37 bits per heavy atom. The molecule has 0 aliphatic carbocycles. The summed E-state index contributed by atoms with van der Waals surface area (Å²) in [6, 6.07) is 3.38. The summed E-state index contributed by atoms with van der Waals surface area (Å²) in [7, 11) is 0. The van der Waals surface area contributed by atoms with Crippen molar-refractivity contribution in [2.24, 2.45) is 0 Å². The summed E-state index contributed by atoms with van der Waals surface area (Å²) in [4.78, 5) is 26.9. The first-order chi connectivity index (χ1) is 8.67. The second-order valence-corrected chi connectivity index (χ2v) is 5.99. The zero-order chi connectivity index (χ0) is 14.6. The molecule has 1 aromatic heterocycles. The maximum Gasteiger partial charge on any atom is 0.407 e. The second-order valence-electron chi connectivity index (χ2n) is 5.07. The Bertz CT molecular complexity index is 495. The van der Waals surface area contributed by atoms with Crippen molar-refractivity contribution >= 4 is 27.8 Å². The van der Waals surface area contributed by atoms with E-state index in [1.54, 1.807) is 32.9 Å². The van der Waals surface area contributed by atoms with Gasteiger partial charge in [0, 0.05) is 11.4 Å². The van der Waals surface area contributed by atoms with Gasteiger partial charge in [-0.1, -0.05) is 15.9 Å². The number of amides is 1. The molecule has 0 spiro atoms. The van der Waals surface area contributed by atoms with Gasteiger partial charge in [0.05, 0.1) is 12.2 Å². The molecular weight excluding hydrogens is 312 g/mol. The highest BCUT2D eigenvalue weighted by molar-refractivity contribution is 9.10. The third-order valence-electron chi connectivity index (χ3n) is 2.02. The van der Waals surface area contributed by atoms with E-state index in [2.05, 4.69) is 26.2 Å². The predicted molar refractivity (Wildman–Crippen MR) is 75.0 cm³/mol. The lowest BCUT2D eigenvalue weighted by Crippen LogP contribution is -2.32. The molecule has 0 aliphatic heterocycles. The van der Waals surface area contributed by atoms with Crippen LogP contribution in [0.15, 0.2) is 16.6 Å². The fourth-order valence-electron chi connectivity index (χ4n) is 1.30. The van der Waals surface area contributed by atoms with Crippen LogP contribution in [0.5, 0.6) is 0 Å². The first-order valence-electron chi connectivity index (χ1n) is 5.81. The summed E-state index contributed by atoms with van der Waals surface area (Å²) in [5, 5.41) is 2.59. The van der Waals surface area contributed by atoms with Crippen LogP contribution in [0, 0.1) is 0 Å². The fourth-order valence-corrected chi connectivity index (χ4v) is 1.78. The first kappa shape index (κ1) is 15.6. The molecule has 0 saturated carbocycles. The Hall–Kier alpha value is -1.43. The molecule has 0 aliphatic rings. The van der Waals surface area contributed by atoms with Gasteiger partial charge in [0.1, 0.15) is 11.3 Å². The quantitative estimate of drug-likeness (QED) is 0.866. The molecule has 1 heterocycles. The van der Waals surface area contributed by atoms with Crippen LogP contribution in [0.25, 0.3) is 0 Å². The van der Waals surface area contributed by atoms with Gasteiger partial charge in [-0.3, -0.25) is 4.79 Å². The Labute approximate surface area is 120 Å². The summed E-state index contributed by atoms with van der Waals surface area (Å²) in [5.74, 6) is -0.125. The minimum atomic E-state index is -0.542. The van der Waals surface area contributed by atoms with E-state index in [0.29, 0.717) is 11.4 Å². The molecule has 104 valence electrons. The van der Waals surface area contributed by atoms with Gasteiger partial charge in [0.15, 0.2) is 5.78 Å².